The molecule has 3 rings (SSSR count). The molecule has 3 nitrogen and oxygen atoms in total. The van der Waals surface area contributed by atoms with Gasteiger partial charge in [-0.2, -0.15) is 0 Å². The van der Waals surface area contributed by atoms with Gasteiger partial charge in [0.25, 0.3) is 5.91 Å². The fourth-order valence-corrected chi connectivity index (χ4v) is 4.19. The average molecular weight is 371 g/mol. The number of amides is 1. The second kappa shape index (κ2) is 8.45. The first-order chi connectivity index (χ1) is 12.0. The molecule has 1 amide bonds. The SMILES string of the molecule is O=C(NC1CCN(CC2CCCCC2)CC1)c1cc(F)c(F)cc1Cl. The third kappa shape index (κ3) is 4.91. The maximum absolute atomic E-state index is 13.4. The third-order valence-electron chi connectivity index (χ3n) is 5.42. The molecule has 2 fully saturated rings. The molecule has 25 heavy (non-hydrogen) atoms. The van der Waals surface area contributed by atoms with E-state index in [1.165, 1.54) is 32.1 Å². The van der Waals surface area contributed by atoms with Gasteiger partial charge in [-0.1, -0.05) is 30.9 Å². The molecule has 1 heterocycles. The largest absolute Gasteiger partial charge is 0.349 e. The van der Waals surface area contributed by atoms with E-state index in [-0.39, 0.29) is 16.6 Å². The lowest BCUT2D eigenvalue weighted by Gasteiger charge is -2.35. The van der Waals surface area contributed by atoms with Gasteiger partial charge in [-0.25, -0.2) is 8.78 Å². The number of nitrogens with one attached hydrogen (secondary N) is 1. The van der Waals surface area contributed by atoms with Gasteiger partial charge in [0.2, 0.25) is 0 Å². The first-order valence-electron chi connectivity index (χ1n) is 9.20. The van der Waals surface area contributed by atoms with Crippen LogP contribution in [0.25, 0.3) is 0 Å². The third-order valence-corrected chi connectivity index (χ3v) is 5.73. The number of nitrogens with zero attached hydrogens (tertiary/aromatic N) is 1. The summed E-state index contributed by atoms with van der Waals surface area (Å²) in [5.41, 5.74) is -0.00907. The van der Waals surface area contributed by atoms with Crippen molar-refractivity contribution >= 4 is 17.5 Å². The van der Waals surface area contributed by atoms with Crippen molar-refractivity contribution in [2.24, 2.45) is 5.92 Å². The van der Waals surface area contributed by atoms with Gasteiger partial charge in [-0.3, -0.25) is 4.79 Å². The molecule has 0 unspecified atom stereocenters. The number of piperidine rings is 1. The van der Waals surface area contributed by atoms with Crippen LogP contribution in [0.4, 0.5) is 8.78 Å². The Morgan fingerprint density at radius 2 is 1.72 bits per heavy atom. The molecule has 0 radical (unpaired) electrons. The average Bonchev–Trinajstić information content (AvgIpc) is 2.60. The van der Waals surface area contributed by atoms with Crippen molar-refractivity contribution in [2.45, 2.75) is 51.0 Å². The Hall–Kier alpha value is -1.20. The summed E-state index contributed by atoms with van der Waals surface area (Å²) >= 11 is 5.87. The van der Waals surface area contributed by atoms with Crippen LogP contribution in [-0.2, 0) is 0 Å². The second-order valence-corrected chi connectivity index (χ2v) is 7.71. The zero-order chi connectivity index (χ0) is 17.8. The molecule has 1 aromatic rings. The monoisotopic (exact) mass is 370 g/mol. The Balaban J connectivity index is 1.48. The van der Waals surface area contributed by atoms with Crippen LogP contribution < -0.4 is 5.32 Å². The summed E-state index contributed by atoms with van der Waals surface area (Å²) in [6, 6.07) is 1.77. The van der Waals surface area contributed by atoms with Crippen molar-refractivity contribution in [3.63, 3.8) is 0 Å². The lowest BCUT2D eigenvalue weighted by Crippen LogP contribution is -2.46. The molecule has 0 aromatic heterocycles. The smallest absolute Gasteiger partial charge is 0.253 e. The Morgan fingerprint density at radius 1 is 1.08 bits per heavy atom. The van der Waals surface area contributed by atoms with Crippen molar-refractivity contribution in [3.8, 4) is 0 Å². The Kier molecular flexibility index (Phi) is 6.29. The number of hydrogen-bond acceptors (Lipinski definition) is 2. The summed E-state index contributed by atoms with van der Waals surface area (Å²) in [5, 5.41) is 2.84. The van der Waals surface area contributed by atoms with Crippen LogP contribution in [0.5, 0.6) is 0 Å². The fourth-order valence-electron chi connectivity index (χ4n) is 3.95. The highest BCUT2D eigenvalue weighted by molar-refractivity contribution is 6.33. The van der Waals surface area contributed by atoms with E-state index in [4.69, 9.17) is 11.6 Å². The molecule has 1 aliphatic heterocycles. The summed E-state index contributed by atoms with van der Waals surface area (Å²) in [6.45, 7) is 3.09. The first kappa shape index (κ1) is 18.6. The van der Waals surface area contributed by atoms with Crippen molar-refractivity contribution in [2.75, 3.05) is 19.6 Å². The van der Waals surface area contributed by atoms with E-state index in [1.807, 2.05) is 0 Å². The lowest BCUT2D eigenvalue weighted by atomic mass is 9.88. The van der Waals surface area contributed by atoms with E-state index in [9.17, 15) is 13.6 Å². The molecule has 1 aliphatic carbocycles. The van der Waals surface area contributed by atoms with Crippen molar-refractivity contribution in [3.05, 3.63) is 34.4 Å². The minimum atomic E-state index is -1.06. The first-order valence-corrected chi connectivity index (χ1v) is 9.58. The Morgan fingerprint density at radius 3 is 2.40 bits per heavy atom. The van der Waals surface area contributed by atoms with Crippen LogP contribution in [0.2, 0.25) is 5.02 Å². The molecular formula is C19H25ClF2N2O. The molecule has 0 atom stereocenters. The summed E-state index contributed by atoms with van der Waals surface area (Å²) in [6.07, 6.45) is 8.51. The minimum absolute atomic E-state index is 0.00907. The van der Waals surface area contributed by atoms with E-state index >= 15 is 0 Å². The minimum Gasteiger partial charge on any atom is -0.349 e. The van der Waals surface area contributed by atoms with E-state index in [2.05, 4.69) is 10.2 Å². The van der Waals surface area contributed by atoms with Crippen LogP contribution in [0.15, 0.2) is 12.1 Å². The number of carbonyl (C=O) groups excluding carboxylic acids is 1. The maximum Gasteiger partial charge on any atom is 0.253 e. The van der Waals surface area contributed by atoms with Gasteiger partial charge >= 0.3 is 0 Å². The fraction of sp³-hybridized carbons (Fsp3) is 0.632. The highest BCUT2D eigenvalue weighted by Crippen LogP contribution is 2.26. The molecule has 1 N–H and O–H groups in total. The van der Waals surface area contributed by atoms with Crippen molar-refractivity contribution in [1.82, 2.24) is 10.2 Å². The second-order valence-electron chi connectivity index (χ2n) is 7.30. The van der Waals surface area contributed by atoms with Gasteiger partial charge < -0.3 is 10.2 Å². The van der Waals surface area contributed by atoms with Gasteiger partial charge in [0, 0.05) is 25.7 Å². The molecule has 1 aromatic carbocycles. The zero-order valence-corrected chi connectivity index (χ0v) is 15.1. The standard InChI is InChI=1S/C19H25ClF2N2O/c20-16-11-18(22)17(21)10-15(16)19(25)23-14-6-8-24(9-7-14)12-13-4-2-1-3-5-13/h10-11,13-14H,1-9,12H2,(H,23,25). The van der Waals surface area contributed by atoms with E-state index in [1.54, 1.807) is 0 Å². The predicted molar refractivity (Wildman–Crippen MR) is 94.9 cm³/mol. The molecule has 2 aliphatic rings. The number of hydrogen-bond donors (Lipinski definition) is 1. The number of likely N-dealkylation sites (tertiary alicyclic amines) is 1. The normalized spacial score (nSPS) is 20.6. The Labute approximate surface area is 152 Å². The molecule has 0 spiro atoms. The highest BCUT2D eigenvalue weighted by Gasteiger charge is 2.25. The highest BCUT2D eigenvalue weighted by atomic mass is 35.5. The number of halogens is 3. The Bertz CT molecular complexity index is 612. The van der Waals surface area contributed by atoms with Crippen LogP contribution in [0.3, 0.4) is 0 Å². The van der Waals surface area contributed by atoms with Gasteiger partial charge in [0.1, 0.15) is 0 Å². The van der Waals surface area contributed by atoms with Crippen LogP contribution in [-0.4, -0.2) is 36.5 Å². The molecule has 138 valence electrons. The number of carbonyl (C=O) groups is 1. The molecule has 1 saturated carbocycles. The quantitative estimate of drug-likeness (QED) is 0.797. The summed E-state index contributed by atoms with van der Waals surface area (Å²) in [7, 11) is 0. The van der Waals surface area contributed by atoms with Gasteiger partial charge in [-0.05, 0) is 43.7 Å². The number of benzene rings is 1. The zero-order valence-electron chi connectivity index (χ0n) is 14.4. The summed E-state index contributed by atoms with van der Waals surface area (Å²) < 4.78 is 26.5. The van der Waals surface area contributed by atoms with Gasteiger partial charge in [0.05, 0.1) is 10.6 Å². The van der Waals surface area contributed by atoms with Gasteiger partial charge in [0.15, 0.2) is 11.6 Å². The lowest BCUT2D eigenvalue weighted by molar-refractivity contribution is 0.0901. The van der Waals surface area contributed by atoms with Crippen molar-refractivity contribution in [1.29, 1.82) is 0 Å². The van der Waals surface area contributed by atoms with Gasteiger partial charge in [-0.15, -0.1) is 0 Å². The van der Waals surface area contributed by atoms with Crippen molar-refractivity contribution < 1.29 is 13.6 Å². The van der Waals surface area contributed by atoms with E-state index in [0.717, 1.165) is 50.5 Å². The topological polar surface area (TPSA) is 32.3 Å². The molecular weight excluding hydrogens is 346 g/mol. The van der Waals surface area contributed by atoms with Crippen LogP contribution >= 0.6 is 11.6 Å². The van der Waals surface area contributed by atoms with E-state index < -0.39 is 17.5 Å². The van der Waals surface area contributed by atoms with Crippen LogP contribution in [0, 0.1) is 17.6 Å². The summed E-state index contributed by atoms with van der Waals surface area (Å²) in [4.78, 5) is 14.8. The predicted octanol–water partition coefficient (Wildman–Crippen LogP) is 4.39. The molecule has 6 heteroatoms. The molecule has 1 saturated heterocycles. The summed E-state index contributed by atoms with van der Waals surface area (Å²) in [5.74, 6) is -1.72. The number of rotatable bonds is 4. The molecule has 0 bridgehead atoms. The van der Waals surface area contributed by atoms with Crippen LogP contribution in [0.1, 0.15) is 55.3 Å². The maximum atomic E-state index is 13.4. The van der Waals surface area contributed by atoms with E-state index in [0.29, 0.717) is 0 Å².